The van der Waals surface area contributed by atoms with Gasteiger partial charge in [0.15, 0.2) is 0 Å². The SMILES string of the molecule is CN(CCC(N)=S)C(=O)CN1CCCc2ccccc2C1. The van der Waals surface area contributed by atoms with Crippen LogP contribution in [0.1, 0.15) is 24.0 Å². The molecule has 0 bridgehead atoms. The van der Waals surface area contributed by atoms with E-state index < -0.39 is 0 Å². The maximum atomic E-state index is 12.2. The smallest absolute Gasteiger partial charge is 0.236 e. The molecule has 0 spiro atoms. The molecule has 2 N–H and O–H groups in total. The molecule has 0 aliphatic carbocycles. The van der Waals surface area contributed by atoms with E-state index in [1.54, 1.807) is 4.90 Å². The number of rotatable bonds is 5. The summed E-state index contributed by atoms with van der Waals surface area (Å²) < 4.78 is 0. The van der Waals surface area contributed by atoms with Crippen molar-refractivity contribution >= 4 is 23.1 Å². The van der Waals surface area contributed by atoms with Crippen LogP contribution >= 0.6 is 12.2 Å². The largest absolute Gasteiger partial charge is 0.393 e. The van der Waals surface area contributed by atoms with Crippen LogP contribution in [0, 0.1) is 0 Å². The molecule has 1 aliphatic rings. The number of aryl methyl sites for hydroxylation is 1. The molecule has 1 aromatic rings. The molecule has 0 atom stereocenters. The summed E-state index contributed by atoms with van der Waals surface area (Å²) in [7, 11) is 1.81. The molecule has 0 saturated heterocycles. The van der Waals surface area contributed by atoms with Crippen LogP contribution in [0.15, 0.2) is 24.3 Å². The third-order valence-corrected chi connectivity index (χ3v) is 4.12. The predicted octanol–water partition coefficient (Wildman–Crippen LogP) is 1.57. The number of nitrogens with two attached hydrogens (primary N) is 1. The van der Waals surface area contributed by atoms with Crippen molar-refractivity contribution in [2.45, 2.75) is 25.8 Å². The van der Waals surface area contributed by atoms with Crippen molar-refractivity contribution in [3.8, 4) is 0 Å². The van der Waals surface area contributed by atoms with Gasteiger partial charge in [0, 0.05) is 26.6 Å². The van der Waals surface area contributed by atoms with Crippen molar-refractivity contribution in [2.75, 3.05) is 26.7 Å². The Hall–Kier alpha value is -1.46. The Balaban J connectivity index is 1.91. The highest BCUT2D eigenvalue weighted by Crippen LogP contribution is 2.18. The summed E-state index contributed by atoms with van der Waals surface area (Å²) >= 11 is 4.85. The second-order valence-electron chi connectivity index (χ2n) is 5.61. The van der Waals surface area contributed by atoms with Gasteiger partial charge < -0.3 is 10.6 Å². The molecule has 114 valence electrons. The molecular weight excluding hydrogens is 282 g/mol. The number of carbonyl (C=O) groups excluding carboxylic acids is 1. The van der Waals surface area contributed by atoms with E-state index in [1.165, 1.54) is 11.1 Å². The quantitative estimate of drug-likeness (QED) is 0.839. The fraction of sp³-hybridized carbons (Fsp3) is 0.500. The fourth-order valence-corrected chi connectivity index (χ4v) is 2.71. The van der Waals surface area contributed by atoms with E-state index in [9.17, 15) is 4.79 Å². The van der Waals surface area contributed by atoms with Crippen molar-refractivity contribution in [1.82, 2.24) is 9.80 Å². The lowest BCUT2D eigenvalue weighted by atomic mass is 10.0. The van der Waals surface area contributed by atoms with Crippen molar-refractivity contribution in [3.05, 3.63) is 35.4 Å². The van der Waals surface area contributed by atoms with Gasteiger partial charge in [-0.05, 0) is 30.5 Å². The molecular formula is C16H23N3OS. The lowest BCUT2D eigenvalue weighted by molar-refractivity contribution is -0.131. The number of nitrogens with zero attached hydrogens (tertiary/aromatic N) is 2. The third-order valence-electron chi connectivity index (χ3n) is 3.91. The van der Waals surface area contributed by atoms with E-state index in [-0.39, 0.29) is 5.91 Å². The first-order valence-electron chi connectivity index (χ1n) is 7.37. The Kier molecular flexibility index (Phi) is 5.70. The zero-order valence-corrected chi connectivity index (χ0v) is 13.4. The minimum absolute atomic E-state index is 0.130. The molecule has 5 heteroatoms. The van der Waals surface area contributed by atoms with Crippen molar-refractivity contribution < 1.29 is 4.79 Å². The number of hydrogen-bond donors (Lipinski definition) is 1. The Bertz CT molecular complexity index is 518. The number of fused-ring (bicyclic) bond motifs is 1. The highest BCUT2D eigenvalue weighted by molar-refractivity contribution is 7.80. The highest BCUT2D eigenvalue weighted by Gasteiger charge is 2.18. The average molecular weight is 305 g/mol. The third kappa shape index (κ3) is 4.79. The van der Waals surface area contributed by atoms with Crippen LogP contribution in [-0.4, -0.2) is 47.4 Å². The van der Waals surface area contributed by atoms with Gasteiger partial charge in [-0.2, -0.15) is 0 Å². The van der Waals surface area contributed by atoms with Gasteiger partial charge in [-0.25, -0.2) is 0 Å². The summed E-state index contributed by atoms with van der Waals surface area (Å²) in [6, 6.07) is 8.51. The number of hydrogen-bond acceptors (Lipinski definition) is 3. The second-order valence-corrected chi connectivity index (χ2v) is 6.14. The Morgan fingerprint density at radius 3 is 2.81 bits per heavy atom. The van der Waals surface area contributed by atoms with Gasteiger partial charge >= 0.3 is 0 Å². The lowest BCUT2D eigenvalue weighted by Gasteiger charge is -2.24. The second kappa shape index (κ2) is 7.52. The van der Waals surface area contributed by atoms with Crippen LogP contribution in [-0.2, 0) is 17.8 Å². The molecule has 2 rings (SSSR count). The monoisotopic (exact) mass is 305 g/mol. The first kappa shape index (κ1) is 15.9. The van der Waals surface area contributed by atoms with Crippen molar-refractivity contribution in [2.24, 2.45) is 5.73 Å². The van der Waals surface area contributed by atoms with E-state index in [4.69, 9.17) is 18.0 Å². The molecule has 4 nitrogen and oxygen atoms in total. The standard InChI is InChI=1S/C16H23N3OS/c1-18(10-8-15(17)21)16(20)12-19-9-4-7-13-5-2-3-6-14(13)11-19/h2-3,5-6H,4,7-12H2,1H3,(H2,17,21). The number of likely N-dealkylation sites (N-methyl/N-ethyl adjacent to an activating group) is 1. The summed E-state index contributed by atoms with van der Waals surface area (Å²) in [6.07, 6.45) is 2.78. The fourth-order valence-electron chi connectivity index (χ4n) is 2.62. The molecule has 1 amide bonds. The number of benzene rings is 1. The van der Waals surface area contributed by atoms with Gasteiger partial charge in [0.2, 0.25) is 5.91 Å². The van der Waals surface area contributed by atoms with E-state index in [0.717, 1.165) is 25.9 Å². The zero-order chi connectivity index (χ0) is 15.2. The van der Waals surface area contributed by atoms with Crippen LogP contribution < -0.4 is 5.73 Å². The molecule has 0 unspecified atom stereocenters. The summed E-state index contributed by atoms with van der Waals surface area (Å²) in [5.74, 6) is 0.130. The van der Waals surface area contributed by atoms with Gasteiger partial charge in [0.05, 0.1) is 11.5 Å². The molecule has 0 aromatic heterocycles. The summed E-state index contributed by atoms with van der Waals surface area (Å²) in [6.45, 7) is 2.87. The Morgan fingerprint density at radius 2 is 2.10 bits per heavy atom. The summed E-state index contributed by atoms with van der Waals surface area (Å²) in [4.78, 5) is 16.7. The maximum absolute atomic E-state index is 12.2. The van der Waals surface area contributed by atoms with E-state index in [1.807, 2.05) is 7.05 Å². The van der Waals surface area contributed by atoms with Gasteiger partial charge in [-0.1, -0.05) is 36.5 Å². The minimum Gasteiger partial charge on any atom is -0.393 e. The Morgan fingerprint density at radius 1 is 1.38 bits per heavy atom. The molecule has 21 heavy (non-hydrogen) atoms. The van der Waals surface area contributed by atoms with Crippen LogP contribution in [0.3, 0.4) is 0 Å². The van der Waals surface area contributed by atoms with Crippen LogP contribution in [0.4, 0.5) is 0 Å². The number of amides is 1. The van der Waals surface area contributed by atoms with E-state index in [0.29, 0.717) is 24.5 Å². The molecule has 1 aliphatic heterocycles. The average Bonchev–Trinajstić information content (AvgIpc) is 2.66. The minimum atomic E-state index is 0.130. The number of carbonyl (C=O) groups is 1. The first-order chi connectivity index (χ1) is 10.1. The van der Waals surface area contributed by atoms with Gasteiger partial charge in [-0.3, -0.25) is 9.69 Å². The van der Waals surface area contributed by atoms with Crippen LogP contribution in [0.5, 0.6) is 0 Å². The molecule has 1 aromatic carbocycles. The maximum Gasteiger partial charge on any atom is 0.236 e. The lowest BCUT2D eigenvalue weighted by Crippen LogP contribution is -2.39. The number of thiocarbonyl (C=S) groups is 1. The first-order valence-corrected chi connectivity index (χ1v) is 7.78. The van der Waals surface area contributed by atoms with Crippen molar-refractivity contribution in [3.63, 3.8) is 0 Å². The van der Waals surface area contributed by atoms with E-state index >= 15 is 0 Å². The normalized spacial score (nSPS) is 15.1. The molecule has 0 fully saturated rings. The van der Waals surface area contributed by atoms with Crippen molar-refractivity contribution in [1.29, 1.82) is 0 Å². The summed E-state index contributed by atoms with van der Waals surface area (Å²) in [5.41, 5.74) is 8.23. The van der Waals surface area contributed by atoms with Gasteiger partial charge in [0.25, 0.3) is 0 Å². The highest BCUT2D eigenvalue weighted by atomic mass is 32.1. The van der Waals surface area contributed by atoms with Crippen LogP contribution in [0.2, 0.25) is 0 Å². The predicted molar refractivity (Wildman–Crippen MR) is 89.1 cm³/mol. The van der Waals surface area contributed by atoms with E-state index in [2.05, 4.69) is 29.2 Å². The topological polar surface area (TPSA) is 49.6 Å². The van der Waals surface area contributed by atoms with Gasteiger partial charge in [0.1, 0.15) is 0 Å². The van der Waals surface area contributed by atoms with Gasteiger partial charge in [-0.15, -0.1) is 0 Å². The zero-order valence-electron chi connectivity index (χ0n) is 12.5. The Labute approximate surface area is 131 Å². The van der Waals surface area contributed by atoms with Crippen LogP contribution in [0.25, 0.3) is 0 Å². The molecule has 0 saturated carbocycles. The summed E-state index contributed by atoms with van der Waals surface area (Å²) in [5, 5.41) is 0. The molecule has 0 radical (unpaired) electrons. The molecule has 1 heterocycles.